The van der Waals surface area contributed by atoms with E-state index in [9.17, 15) is 0 Å². The van der Waals surface area contributed by atoms with Crippen LogP contribution >= 0.6 is 0 Å². The number of ether oxygens (including phenoxy) is 2. The molecule has 0 saturated carbocycles. The Morgan fingerprint density at radius 1 is 1.13 bits per heavy atom. The highest BCUT2D eigenvalue weighted by molar-refractivity contribution is 4.77. The van der Waals surface area contributed by atoms with E-state index in [1.165, 1.54) is 13.0 Å². The van der Waals surface area contributed by atoms with E-state index in [4.69, 9.17) is 15.2 Å². The molecule has 2 rings (SSSR count). The summed E-state index contributed by atoms with van der Waals surface area (Å²) in [7, 11) is 0. The third-order valence-electron chi connectivity index (χ3n) is 3.38. The number of nitrogens with zero attached hydrogens (tertiary/aromatic N) is 1. The first-order valence-electron chi connectivity index (χ1n) is 5.99. The van der Waals surface area contributed by atoms with E-state index in [0.29, 0.717) is 6.04 Å². The lowest BCUT2D eigenvalue weighted by Gasteiger charge is -2.37. The van der Waals surface area contributed by atoms with E-state index < -0.39 is 0 Å². The number of morpholine rings is 1. The van der Waals surface area contributed by atoms with Gasteiger partial charge < -0.3 is 15.2 Å². The normalized spacial score (nSPS) is 29.0. The summed E-state index contributed by atoms with van der Waals surface area (Å²) in [5.74, 6) is 0.798. The lowest BCUT2D eigenvalue weighted by molar-refractivity contribution is -0.0520. The van der Waals surface area contributed by atoms with Crippen LogP contribution in [0.25, 0.3) is 0 Å². The maximum atomic E-state index is 5.61. The molecular formula is C11H22N2O2. The third-order valence-corrected chi connectivity index (χ3v) is 3.38. The first kappa shape index (κ1) is 11.3. The Morgan fingerprint density at radius 3 is 2.67 bits per heavy atom. The fraction of sp³-hybridized carbons (Fsp3) is 1.00. The summed E-state index contributed by atoms with van der Waals surface area (Å²) in [5, 5.41) is 0. The van der Waals surface area contributed by atoms with Crippen molar-refractivity contribution in [1.29, 1.82) is 0 Å². The van der Waals surface area contributed by atoms with Crippen LogP contribution in [-0.4, -0.2) is 57.0 Å². The van der Waals surface area contributed by atoms with E-state index in [1.54, 1.807) is 0 Å². The van der Waals surface area contributed by atoms with Gasteiger partial charge in [-0.1, -0.05) is 0 Å². The number of nitrogens with two attached hydrogens (primary N) is 1. The van der Waals surface area contributed by atoms with E-state index >= 15 is 0 Å². The molecule has 0 amide bonds. The fourth-order valence-electron chi connectivity index (χ4n) is 2.24. The van der Waals surface area contributed by atoms with Crippen LogP contribution in [0.15, 0.2) is 0 Å². The molecule has 2 N–H and O–H groups in total. The fourth-order valence-corrected chi connectivity index (χ4v) is 2.24. The van der Waals surface area contributed by atoms with Gasteiger partial charge in [0.15, 0.2) is 0 Å². The van der Waals surface area contributed by atoms with Gasteiger partial charge in [0.25, 0.3) is 0 Å². The standard InChI is InChI=1S/C11H22N2O2/c12-3-1-11-9-14-6-5-13(11)4-2-10-7-15-8-10/h10-11H,1-9,12H2. The molecule has 0 spiro atoms. The minimum atomic E-state index is 0.546. The minimum Gasteiger partial charge on any atom is -0.381 e. The van der Waals surface area contributed by atoms with Crippen LogP contribution in [0.3, 0.4) is 0 Å². The van der Waals surface area contributed by atoms with Gasteiger partial charge in [0.05, 0.1) is 26.4 Å². The summed E-state index contributed by atoms with van der Waals surface area (Å²) < 4.78 is 10.7. The second kappa shape index (κ2) is 5.80. The van der Waals surface area contributed by atoms with Gasteiger partial charge in [-0.3, -0.25) is 4.90 Å². The topological polar surface area (TPSA) is 47.7 Å². The van der Waals surface area contributed by atoms with Crippen LogP contribution in [0.1, 0.15) is 12.8 Å². The van der Waals surface area contributed by atoms with Crippen LogP contribution in [0, 0.1) is 5.92 Å². The van der Waals surface area contributed by atoms with Crippen molar-refractivity contribution in [2.24, 2.45) is 11.7 Å². The van der Waals surface area contributed by atoms with Crippen molar-refractivity contribution < 1.29 is 9.47 Å². The Morgan fingerprint density at radius 2 is 2.00 bits per heavy atom. The van der Waals surface area contributed by atoms with E-state index in [1.807, 2.05) is 0 Å². The summed E-state index contributed by atoms with van der Waals surface area (Å²) in [5.41, 5.74) is 5.61. The monoisotopic (exact) mass is 214 g/mol. The molecular weight excluding hydrogens is 192 g/mol. The SMILES string of the molecule is NCCC1COCCN1CCC1COC1. The molecule has 1 unspecified atom stereocenters. The molecule has 4 nitrogen and oxygen atoms in total. The zero-order chi connectivity index (χ0) is 10.5. The Kier molecular flexibility index (Phi) is 4.38. The number of hydrogen-bond donors (Lipinski definition) is 1. The predicted octanol–water partition coefficient (Wildman–Crippen LogP) is 0.0725. The van der Waals surface area contributed by atoms with Gasteiger partial charge in [-0.2, -0.15) is 0 Å². The zero-order valence-electron chi connectivity index (χ0n) is 9.36. The molecule has 0 aliphatic carbocycles. The van der Waals surface area contributed by atoms with Crippen molar-refractivity contribution in [2.75, 3.05) is 46.1 Å². The molecule has 0 aromatic carbocycles. The minimum absolute atomic E-state index is 0.546. The molecule has 2 saturated heterocycles. The molecule has 88 valence electrons. The molecule has 2 aliphatic rings. The zero-order valence-corrected chi connectivity index (χ0v) is 9.36. The summed E-state index contributed by atoms with van der Waals surface area (Å²) in [4.78, 5) is 2.54. The first-order chi connectivity index (χ1) is 7.40. The van der Waals surface area contributed by atoms with Gasteiger partial charge in [0.1, 0.15) is 0 Å². The van der Waals surface area contributed by atoms with Gasteiger partial charge in [-0.05, 0) is 25.9 Å². The molecule has 0 aromatic heterocycles. The van der Waals surface area contributed by atoms with Crippen LogP contribution in [0.2, 0.25) is 0 Å². The molecule has 2 aliphatic heterocycles. The summed E-state index contributed by atoms with van der Waals surface area (Å²) in [6.45, 7) is 6.68. The summed E-state index contributed by atoms with van der Waals surface area (Å²) >= 11 is 0. The molecule has 0 radical (unpaired) electrons. The van der Waals surface area contributed by atoms with E-state index in [2.05, 4.69) is 4.90 Å². The summed E-state index contributed by atoms with van der Waals surface area (Å²) in [6, 6.07) is 0.546. The van der Waals surface area contributed by atoms with Crippen LogP contribution in [0.4, 0.5) is 0 Å². The Labute approximate surface area is 91.7 Å². The van der Waals surface area contributed by atoms with Gasteiger partial charge in [-0.15, -0.1) is 0 Å². The predicted molar refractivity (Wildman–Crippen MR) is 58.8 cm³/mol. The molecule has 2 heterocycles. The molecule has 0 aromatic rings. The van der Waals surface area contributed by atoms with Gasteiger partial charge in [0.2, 0.25) is 0 Å². The van der Waals surface area contributed by atoms with Crippen molar-refractivity contribution in [3.8, 4) is 0 Å². The quantitative estimate of drug-likeness (QED) is 0.703. The number of hydrogen-bond acceptors (Lipinski definition) is 4. The number of rotatable bonds is 5. The van der Waals surface area contributed by atoms with Crippen molar-refractivity contribution in [3.05, 3.63) is 0 Å². The highest BCUT2D eigenvalue weighted by Crippen LogP contribution is 2.17. The van der Waals surface area contributed by atoms with Crippen LogP contribution < -0.4 is 5.73 Å². The maximum Gasteiger partial charge on any atom is 0.0622 e. The Balaban J connectivity index is 1.71. The second-order valence-electron chi connectivity index (χ2n) is 4.53. The van der Waals surface area contributed by atoms with Crippen molar-refractivity contribution >= 4 is 0 Å². The third kappa shape index (κ3) is 3.14. The summed E-state index contributed by atoms with van der Waals surface area (Å²) in [6.07, 6.45) is 2.32. The first-order valence-corrected chi connectivity index (χ1v) is 5.99. The van der Waals surface area contributed by atoms with Gasteiger partial charge in [-0.25, -0.2) is 0 Å². The van der Waals surface area contributed by atoms with Gasteiger partial charge >= 0.3 is 0 Å². The van der Waals surface area contributed by atoms with Gasteiger partial charge in [0, 0.05) is 18.5 Å². The van der Waals surface area contributed by atoms with Crippen LogP contribution in [0.5, 0.6) is 0 Å². The average Bonchev–Trinajstić information content (AvgIpc) is 2.18. The van der Waals surface area contributed by atoms with E-state index in [0.717, 1.165) is 51.9 Å². The smallest absolute Gasteiger partial charge is 0.0622 e. The van der Waals surface area contributed by atoms with Crippen LogP contribution in [-0.2, 0) is 9.47 Å². The van der Waals surface area contributed by atoms with Crippen molar-refractivity contribution in [2.45, 2.75) is 18.9 Å². The molecule has 4 heteroatoms. The largest absolute Gasteiger partial charge is 0.381 e. The van der Waals surface area contributed by atoms with Crippen molar-refractivity contribution in [1.82, 2.24) is 4.90 Å². The lowest BCUT2D eigenvalue weighted by Crippen LogP contribution is -2.47. The lowest BCUT2D eigenvalue weighted by atomic mass is 10.0. The van der Waals surface area contributed by atoms with Crippen molar-refractivity contribution in [3.63, 3.8) is 0 Å². The Bertz CT molecular complexity index is 183. The van der Waals surface area contributed by atoms with E-state index in [-0.39, 0.29) is 0 Å². The molecule has 15 heavy (non-hydrogen) atoms. The Hall–Kier alpha value is -0.160. The second-order valence-corrected chi connectivity index (χ2v) is 4.53. The maximum absolute atomic E-state index is 5.61. The highest BCUT2D eigenvalue weighted by atomic mass is 16.5. The molecule has 0 bridgehead atoms. The highest BCUT2D eigenvalue weighted by Gasteiger charge is 2.24. The average molecular weight is 214 g/mol. The molecule has 1 atom stereocenters. The molecule has 2 fully saturated rings.